The quantitative estimate of drug-likeness (QED) is 0.861. The Kier molecular flexibility index (Phi) is 3.09. The van der Waals surface area contributed by atoms with Crippen LogP contribution >= 0.6 is 0 Å². The molecular weight excluding hydrogens is 246 g/mol. The molecule has 0 fully saturated rings. The zero-order valence-electron chi connectivity index (χ0n) is 12.4. The fourth-order valence-corrected chi connectivity index (χ4v) is 3.06. The number of nitrogens with two attached hydrogens (primary N) is 1. The first kappa shape index (κ1) is 13.3. The van der Waals surface area contributed by atoms with E-state index in [2.05, 4.69) is 37.9 Å². The molecule has 1 unspecified atom stereocenters. The predicted molar refractivity (Wildman–Crippen MR) is 81.2 cm³/mol. The smallest absolute Gasteiger partial charge is 0.159 e. The number of aromatic nitrogens is 2. The van der Waals surface area contributed by atoms with Gasteiger partial charge in [-0.15, -0.1) is 0 Å². The van der Waals surface area contributed by atoms with Crippen LogP contribution in [-0.4, -0.2) is 9.97 Å². The molecule has 104 valence electrons. The molecule has 0 amide bonds. The van der Waals surface area contributed by atoms with Crippen molar-refractivity contribution in [3.8, 4) is 11.4 Å². The number of hydrogen-bond acceptors (Lipinski definition) is 3. The van der Waals surface area contributed by atoms with Crippen molar-refractivity contribution in [3.05, 3.63) is 47.3 Å². The first-order valence-electron chi connectivity index (χ1n) is 7.14. The van der Waals surface area contributed by atoms with E-state index in [4.69, 9.17) is 10.7 Å². The van der Waals surface area contributed by atoms with Crippen LogP contribution in [0.1, 0.15) is 43.1 Å². The lowest BCUT2D eigenvalue weighted by Gasteiger charge is -2.34. The fraction of sp³-hybridized carbons (Fsp3) is 0.412. The van der Waals surface area contributed by atoms with Crippen molar-refractivity contribution >= 4 is 0 Å². The molecule has 0 bridgehead atoms. The van der Waals surface area contributed by atoms with Gasteiger partial charge in [0.1, 0.15) is 0 Å². The van der Waals surface area contributed by atoms with E-state index >= 15 is 0 Å². The Morgan fingerprint density at radius 3 is 2.75 bits per heavy atom. The van der Waals surface area contributed by atoms with E-state index in [1.165, 1.54) is 5.56 Å². The molecule has 3 heteroatoms. The van der Waals surface area contributed by atoms with Crippen molar-refractivity contribution < 1.29 is 0 Å². The second-order valence-electron chi connectivity index (χ2n) is 6.56. The molecule has 1 atom stereocenters. The van der Waals surface area contributed by atoms with E-state index in [0.717, 1.165) is 35.5 Å². The summed E-state index contributed by atoms with van der Waals surface area (Å²) >= 11 is 0. The van der Waals surface area contributed by atoms with E-state index in [0.29, 0.717) is 0 Å². The van der Waals surface area contributed by atoms with E-state index < -0.39 is 0 Å². The normalized spacial score (nSPS) is 20.5. The molecule has 3 rings (SSSR count). The number of aryl methyl sites for hydroxylation is 1. The molecule has 20 heavy (non-hydrogen) atoms. The summed E-state index contributed by atoms with van der Waals surface area (Å²) in [7, 11) is 0. The van der Waals surface area contributed by atoms with Gasteiger partial charge in [-0.05, 0) is 30.7 Å². The largest absolute Gasteiger partial charge is 0.324 e. The Morgan fingerprint density at radius 2 is 2.00 bits per heavy atom. The van der Waals surface area contributed by atoms with E-state index in [9.17, 15) is 0 Å². The Labute approximate surface area is 120 Å². The van der Waals surface area contributed by atoms with Gasteiger partial charge >= 0.3 is 0 Å². The van der Waals surface area contributed by atoms with Crippen molar-refractivity contribution in [2.24, 2.45) is 11.1 Å². The molecule has 1 aromatic heterocycles. The standard InChI is InChI=1S/C17H21N3/c1-11-6-4-5-7-12(11)16-19-10-13-14(18)8-17(2,3)9-15(13)20-16/h4-7,10,14H,8-9,18H2,1-3H3. The van der Waals surface area contributed by atoms with Gasteiger partial charge in [-0.2, -0.15) is 0 Å². The van der Waals surface area contributed by atoms with Gasteiger partial charge in [-0.3, -0.25) is 0 Å². The maximum atomic E-state index is 6.26. The van der Waals surface area contributed by atoms with Crippen LogP contribution in [0.2, 0.25) is 0 Å². The molecule has 0 aliphatic heterocycles. The molecule has 0 saturated heterocycles. The Morgan fingerprint density at radius 1 is 1.25 bits per heavy atom. The Bertz CT molecular complexity index is 646. The lowest BCUT2D eigenvalue weighted by Crippen LogP contribution is -2.30. The number of hydrogen-bond donors (Lipinski definition) is 1. The van der Waals surface area contributed by atoms with Gasteiger partial charge in [0.05, 0.1) is 0 Å². The van der Waals surface area contributed by atoms with Crippen LogP contribution in [0.15, 0.2) is 30.5 Å². The summed E-state index contributed by atoms with van der Waals surface area (Å²) in [5.41, 5.74) is 11.0. The third kappa shape index (κ3) is 2.34. The van der Waals surface area contributed by atoms with Crippen molar-refractivity contribution in [2.75, 3.05) is 0 Å². The maximum Gasteiger partial charge on any atom is 0.159 e. The summed E-state index contributed by atoms with van der Waals surface area (Å²) in [4.78, 5) is 9.33. The highest BCUT2D eigenvalue weighted by atomic mass is 14.9. The second kappa shape index (κ2) is 4.67. The minimum atomic E-state index is 0.0553. The number of fused-ring (bicyclic) bond motifs is 1. The van der Waals surface area contributed by atoms with Crippen molar-refractivity contribution in [1.82, 2.24) is 9.97 Å². The molecule has 0 spiro atoms. The van der Waals surface area contributed by atoms with Crippen LogP contribution in [0.3, 0.4) is 0 Å². The summed E-state index contributed by atoms with van der Waals surface area (Å²) < 4.78 is 0. The van der Waals surface area contributed by atoms with Gasteiger partial charge in [-0.1, -0.05) is 38.1 Å². The molecule has 1 aromatic carbocycles. The molecule has 1 aliphatic carbocycles. The van der Waals surface area contributed by atoms with Crippen molar-refractivity contribution in [2.45, 2.75) is 39.7 Å². The molecule has 2 N–H and O–H groups in total. The Balaban J connectivity index is 2.08. The molecule has 0 radical (unpaired) electrons. The minimum absolute atomic E-state index is 0.0553. The monoisotopic (exact) mass is 267 g/mol. The van der Waals surface area contributed by atoms with Crippen LogP contribution in [-0.2, 0) is 6.42 Å². The zero-order chi connectivity index (χ0) is 14.3. The lowest BCUT2D eigenvalue weighted by atomic mass is 9.74. The summed E-state index contributed by atoms with van der Waals surface area (Å²) in [5, 5.41) is 0. The maximum absolute atomic E-state index is 6.26. The molecule has 1 heterocycles. The summed E-state index contributed by atoms with van der Waals surface area (Å²) in [6.45, 7) is 6.60. The van der Waals surface area contributed by atoms with Gasteiger partial charge in [0.2, 0.25) is 0 Å². The topological polar surface area (TPSA) is 51.8 Å². The number of rotatable bonds is 1. The van der Waals surface area contributed by atoms with E-state index in [1.807, 2.05) is 18.3 Å². The molecule has 0 saturated carbocycles. The highest BCUT2D eigenvalue weighted by Gasteiger charge is 2.31. The van der Waals surface area contributed by atoms with Crippen LogP contribution in [0, 0.1) is 12.3 Å². The predicted octanol–water partition coefficient (Wildman–Crippen LogP) is 3.42. The summed E-state index contributed by atoms with van der Waals surface area (Å²) in [6.07, 6.45) is 3.88. The summed E-state index contributed by atoms with van der Waals surface area (Å²) in [6, 6.07) is 8.29. The van der Waals surface area contributed by atoms with Gasteiger partial charge in [0.25, 0.3) is 0 Å². The highest BCUT2D eigenvalue weighted by molar-refractivity contribution is 5.60. The van der Waals surface area contributed by atoms with Crippen LogP contribution in [0.4, 0.5) is 0 Å². The SMILES string of the molecule is Cc1ccccc1-c1ncc2c(n1)CC(C)(C)CC2N. The van der Waals surface area contributed by atoms with Crippen LogP contribution < -0.4 is 5.73 Å². The van der Waals surface area contributed by atoms with E-state index in [1.54, 1.807) is 0 Å². The first-order chi connectivity index (χ1) is 9.46. The average molecular weight is 267 g/mol. The summed E-state index contributed by atoms with van der Waals surface area (Å²) in [5.74, 6) is 0.812. The highest BCUT2D eigenvalue weighted by Crippen LogP contribution is 2.39. The fourth-order valence-electron chi connectivity index (χ4n) is 3.06. The number of benzene rings is 1. The van der Waals surface area contributed by atoms with Crippen molar-refractivity contribution in [1.29, 1.82) is 0 Å². The molecular formula is C17H21N3. The van der Waals surface area contributed by atoms with Gasteiger partial charge in [0.15, 0.2) is 5.82 Å². The zero-order valence-corrected chi connectivity index (χ0v) is 12.4. The van der Waals surface area contributed by atoms with Gasteiger partial charge in [-0.25, -0.2) is 9.97 Å². The molecule has 1 aliphatic rings. The number of nitrogens with zero attached hydrogens (tertiary/aromatic N) is 2. The Hall–Kier alpha value is -1.74. The first-order valence-corrected chi connectivity index (χ1v) is 7.14. The molecule has 2 aromatic rings. The van der Waals surface area contributed by atoms with Crippen LogP contribution in [0.5, 0.6) is 0 Å². The molecule has 3 nitrogen and oxygen atoms in total. The third-order valence-electron chi connectivity index (χ3n) is 4.10. The average Bonchev–Trinajstić information content (AvgIpc) is 2.37. The van der Waals surface area contributed by atoms with Crippen LogP contribution in [0.25, 0.3) is 11.4 Å². The minimum Gasteiger partial charge on any atom is -0.324 e. The second-order valence-corrected chi connectivity index (χ2v) is 6.56. The lowest BCUT2D eigenvalue weighted by molar-refractivity contribution is 0.278. The third-order valence-corrected chi connectivity index (χ3v) is 4.10. The van der Waals surface area contributed by atoms with Crippen molar-refractivity contribution in [3.63, 3.8) is 0 Å². The van der Waals surface area contributed by atoms with Gasteiger partial charge in [0, 0.05) is 29.1 Å². The van der Waals surface area contributed by atoms with E-state index in [-0.39, 0.29) is 11.5 Å². The van der Waals surface area contributed by atoms with Gasteiger partial charge < -0.3 is 5.73 Å².